The van der Waals surface area contributed by atoms with Gasteiger partial charge in [-0.1, -0.05) is 49.3 Å². The topological polar surface area (TPSA) is 84.4 Å². The van der Waals surface area contributed by atoms with Crippen molar-refractivity contribution >= 4 is 11.3 Å². The molecule has 0 bridgehead atoms. The van der Waals surface area contributed by atoms with Gasteiger partial charge in [0.1, 0.15) is 5.75 Å². The van der Waals surface area contributed by atoms with Crippen LogP contribution in [0.25, 0.3) is 0 Å². The average Bonchev–Trinajstić information content (AvgIpc) is 3.09. The van der Waals surface area contributed by atoms with E-state index >= 15 is 0 Å². The van der Waals surface area contributed by atoms with Crippen LogP contribution in [0.4, 0.5) is 0 Å². The van der Waals surface area contributed by atoms with Crippen LogP contribution in [0.5, 0.6) is 11.6 Å². The van der Waals surface area contributed by atoms with Crippen molar-refractivity contribution in [3.63, 3.8) is 0 Å². The number of thiazole rings is 1. The van der Waals surface area contributed by atoms with E-state index in [1.54, 1.807) is 0 Å². The van der Waals surface area contributed by atoms with E-state index in [9.17, 15) is 9.90 Å². The second kappa shape index (κ2) is 11.7. The zero-order chi connectivity index (χ0) is 22.1. The summed E-state index contributed by atoms with van der Waals surface area (Å²) in [6, 6.07) is 11.8. The summed E-state index contributed by atoms with van der Waals surface area (Å²) in [6.45, 7) is 5.58. The average molecular weight is 443 g/mol. The van der Waals surface area contributed by atoms with Gasteiger partial charge in [0.2, 0.25) is 5.88 Å². The van der Waals surface area contributed by atoms with Crippen LogP contribution < -0.4 is 9.61 Å². The molecule has 7 heteroatoms. The number of unbranched alkanes of at least 4 members (excludes halogenated alkanes) is 2. The summed E-state index contributed by atoms with van der Waals surface area (Å²) in [4.78, 5) is 18.6. The minimum absolute atomic E-state index is 0.0497. The Morgan fingerprint density at radius 2 is 1.94 bits per heavy atom. The Morgan fingerprint density at radius 3 is 2.58 bits per heavy atom. The second-order valence-electron chi connectivity index (χ2n) is 7.51. The van der Waals surface area contributed by atoms with E-state index in [-0.39, 0.29) is 16.9 Å². The van der Waals surface area contributed by atoms with Crippen molar-refractivity contribution in [2.75, 3.05) is 13.2 Å². The Hall–Kier alpha value is -2.64. The summed E-state index contributed by atoms with van der Waals surface area (Å²) in [5.41, 5.74) is 3.08. The van der Waals surface area contributed by atoms with Crippen LogP contribution in [-0.4, -0.2) is 28.3 Å². The van der Waals surface area contributed by atoms with Crippen LogP contribution in [0.3, 0.4) is 0 Å². The summed E-state index contributed by atoms with van der Waals surface area (Å²) in [6.07, 6.45) is 6.67. The molecule has 0 aliphatic carbocycles. The summed E-state index contributed by atoms with van der Waals surface area (Å²) in [5.74, 6) is 0.729. The van der Waals surface area contributed by atoms with E-state index in [1.165, 1.54) is 12.8 Å². The van der Waals surface area contributed by atoms with Crippen LogP contribution in [0.2, 0.25) is 0 Å². The van der Waals surface area contributed by atoms with Gasteiger partial charge in [-0.2, -0.15) is 0 Å². The van der Waals surface area contributed by atoms with Gasteiger partial charge in [0.05, 0.1) is 17.6 Å². The van der Waals surface area contributed by atoms with Crippen molar-refractivity contribution in [1.82, 2.24) is 9.97 Å². The molecule has 2 heterocycles. The van der Waals surface area contributed by atoms with E-state index in [0.29, 0.717) is 17.9 Å². The molecule has 0 aliphatic rings. The lowest BCUT2D eigenvalue weighted by atomic mass is 10.1. The van der Waals surface area contributed by atoms with Gasteiger partial charge in [-0.05, 0) is 42.7 Å². The molecule has 0 saturated carbocycles. The van der Waals surface area contributed by atoms with Gasteiger partial charge in [0.15, 0.2) is 0 Å². The lowest BCUT2D eigenvalue weighted by molar-refractivity contribution is 0.0627. The summed E-state index contributed by atoms with van der Waals surface area (Å²) in [5, 5.41) is 9.69. The third-order valence-electron chi connectivity index (χ3n) is 5.05. The number of nitrogens with zero attached hydrogens (tertiary/aromatic N) is 1. The van der Waals surface area contributed by atoms with Crippen molar-refractivity contribution in [2.45, 2.75) is 52.1 Å². The largest absolute Gasteiger partial charge is 0.494 e. The van der Waals surface area contributed by atoms with E-state index < -0.39 is 0 Å². The first kappa shape index (κ1) is 23.0. The van der Waals surface area contributed by atoms with Gasteiger partial charge in [-0.3, -0.25) is 14.8 Å². The summed E-state index contributed by atoms with van der Waals surface area (Å²) in [7, 11) is 0. The maximum absolute atomic E-state index is 11.3. The molecule has 166 valence electrons. The Kier molecular flexibility index (Phi) is 8.67. The number of hydrogen-bond donors (Lipinski definition) is 2. The molecule has 0 spiro atoms. The molecule has 2 N–H and O–H groups in total. The van der Waals surface area contributed by atoms with Gasteiger partial charge in [0, 0.05) is 31.3 Å². The molecule has 0 aliphatic heterocycles. The number of aromatic amines is 1. The van der Waals surface area contributed by atoms with Gasteiger partial charge in [0.25, 0.3) is 0 Å². The van der Waals surface area contributed by atoms with E-state index in [0.717, 1.165) is 53.4 Å². The third kappa shape index (κ3) is 7.22. The fourth-order valence-electron chi connectivity index (χ4n) is 3.17. The van der Waals surface area contributed by atoms with Gasteiger partial charge < -0.3 is 14.6 Å². The highest BCUT2D eigenvalue weighted by Gasteiger charge is 2.08. The van der Waals surface area contributed by atoms with Crippen molar-refractivity contribution in [3.05, 3.63) is 74.0 Å². The van der Waals surface area contributed by atoms with Crippen LogP contribution in [0.15, 0.2) is 47.4 Å². The normalized spacial score (nSPS) is 12.1. The summed E-state index contributed by atoms with van der Waals surface area (Å²) < 4.78 is 11.7. The molecular formula is C24H30N2O4S. The molecule has 2 aromatic heterocycles. The number of hydrogen-bond acceptors (Lipinski definition) is 6. The first-order valence-electron chi connectivity index (χ1n) is 10.7. The number of pyridine rings is 1. The third-order valence-corrected chi connectivity index (χ3v) is 5.92. The van der Waals surface area contributed by atoms with Gasteiger partial charge in [-0.15, -0.1) is 0 Å². The highest BCUT2D eigenvalue weighted by molar-refractivity contribution is 7.09. The van der Waals surface area contributed by atoms with Crippen molar-refractivity contribution < 1.29 is 14.6 Å². The number of benzene rings is 1. The van der Waals surface area contributed by atoms with Crippen molar-refractivity contribution in [3.8, 4) is 11.6 Å². The Balaban J connectivity index is 1.42. The molecule has 1 unspecified atom stereocenters. The van der Waals surface area contributed by atoms with Crippen LogP contribution in [0, 0.1) is 0 Å². The molecular weight excluding hydrogens is 412 g/mol. The molecule has 3 rings (SSSR count). The first-order valence-corrected chi connectivity index (χ1v) is 11.6. The predicted molar refractivity (Wildman–Crippen MR) is 123 cm³/mol. The highest BCUT2D eigenvalue weighted by atomic mass is 32.1. The Labute approximate surface area is 186 Å². The van der Waals surface area contributed by atoms with Crippen LogP contribution >= 0.6 is 11.3 Å². The van der Waals surface area contributed by atoms with Crippen LogP contribution in [-0.2, 0) is 17.6 Å². The van der Waals surface area contributed by atoms with Gasteiger partial charge in [-0.25, -0.2) is 0 Å². The zero-order valence-electron chi connectivity index (χ0n) is 18.1. The fraction of sp³-hybridized carbons (Fsp3) is 0.417. The standard InChI is InChI=1S/C24H30N2O4S/c1-3-4-5-13-29-17(2)19-8-9-20(25-16-19)12-14-30-21-10-6-18(7-11-21)15-22-23(27)26-24(28)31-22/h6-11,16-17,27H,3-5,12-15H2,1-2H3,(H,26,28). The molecule has 0 saturated heterocycles. The minimum Gasteiger partial charge on any atom is -0.494 e. The maximum Gasteiger partial charge on any atom is 0.307 e. The zero-order valence-corrected chi connectivity index (χ0v) is 18.9. The molecule has 3 aromatic rings. The lowest BCUT2D eigenvalue weighted by Gasteiger charge is -2.13. The van der Waals surface area contributed by atoms with E-state index in [4.69, 9.17) is 9.47 Å². The number of H-pyrrole nitrogens is 1. The molecule has 1 atom stereocenters. The minimum atomic E-state index is -0.247. The number of aromatic hydroxyl groups is 1. The quantitative estimate of drug-likeness (QED) is 0.385. The molecule has 0 radical (unpaired) electrons. The lowest BCUT2D eigenvalue weighted by Crippen LogP contribution is -2.05. The fourth-order valence-corrected chi connectivity index (χ4v) is 3.93. The molecule has 31 heavy (non-hydrogen) atoms. The summed E-state index contributed by atoms with van der Waals surface area (Å²) >= 11 is 1.03. The van der Waals surface area contributed by atoms with E-state index in [2.05, 4.69) is 29.9 Å². The van der Waals surface area contributed by atoms with Crippen molar-refractivity contribution in [2.24, 2.45) is 0 Å². The Bertz CT molecular complexity index is 980. The number of rotatable bonds is 12. The van der Waals surface area contributed by atoms with E-state index in [1.807, 2.05) is 36.5 Å². The Morgan fingerprint density at radius 1 is 1.13 bits per heavy atom. The van der Waals surface area contributed by atoms with Crippen LogP contribution in [0.1, 0.15) is 60.9 Å². The SMILES string of the molecule is CCCCCOC(C)c1ccc(CCOc2ccc(Cc3sc(=O)[nH]c3O)cc2)nc1. The smallest absolute Gasteiger partial charge is 0.307 e. The van der Waals surface area contributed by atoms with Gasteiger partial charge >= 0.3 is 4.87 Å². The number of nitrogens with one attached hydrogen (secondary N) is 1. The number of aromatic nitrogens is 2. The molecule has 1 aromatic carbocycles. The first-order chi connectivity index (χ1) is 15.0. The maximum atomic E-state index is 11.3. The second-order valence-corrected chi connectivity index (χ2v) is 8.58. The molecule has 6 nitrogen and oxygen atoms in total. The monoisotopic (exact) mass is 442 g/mol. The highest BCUT2D eigenvalue weighted by Crippen LogP contribution is 2.22. The molecule has 0 amide bonds. The predicted octanol–water partition coefficient (Wildman–Crippen LogP) is 5.02. The molecule has 0 fully saturated rings. The number of ether oxygens (including phenoxy) is 2. The van der Waals surface area contributed by atoms with Crippen molar-refractivity contribution in [1.29, 1.82) is 0 Å².